The Morgan fingerprint density at radius 1 is 1.03 bits per heavy atom. The van der Waals surface area contributed by atoms with Crippen LogP contribution in [0, 0.1) is 10.1 Å². The number of methoxy groups -OCH3 is 1. The molecule has 5 rings (SSSR count). The van der Waals surface area contributed by atoms with E-state index in [4.69, 9.17) is 4.74 Å². The lowest BCUT2D eigenvalue weighted by molar-refractivity contribution is -0.384. The monoisotopic (exact) mass is 486 g/mol. The van der Waals surface area contributed by atoms with Crippen LogP contribution in [0.5, 0.6) is 5.75 Å². The molecule has 12 nitrogen and oxygen atoms in total. The second-order valence-electron chi connectivity index (χ2n) is 8.06. The van der Waals surface area contributed by atoms with Crippen molar-refractivity contribution in [3.05, 3.63) is 76.6 Å². The van der Waals surface area contributed by atoms with E-state index in [0.717, 1.165) is 17.0 Å². The highest BCUT2D eigenvalue weighted by molar-refractivity contribution is 5.92. The van der Waals surface area contributed by atoms with Crippen LogP contribution >= 0.6 is 0 Å². The topological polar surface area (TPSA) is 132 Å². The molecule has 0 radical (unpaired) electrons. The summed E-state index contributed by atoms with van der Waals surface area (Å²) in [6, 6.07) is 13.5. The van der Waals surface area contributed by atoms with Gasteiger partial charge in [0.1, 0.15) is 12.1 Å². The van der Waals surface area contributed by atoms with Gasteiger partial charge in [-0.1, -0.05) is 5.21 Å². The Hall–Kier alpha value is -4.87. The summed E-state index contributed by atoms with van der Waals surface area (Å²) in [7, 11) is 1.61. The quantitative estimate of drug-likeness (QED) is 0.229. The first kappa shape index (κ1) is 22.9. The lowest BCUT2D eigenvalue weighted by atomic mass is 10.2. The Bertz CT molecular complexity index is 1430. The summed E-state index contributed by atoms with van der Waals surface area (Å²) in [6.07, 6.45) is 4.63. The first-order valence-electron chi connectivity index (χ1n) is 11.2. The van der Waals surface area contributed by atoms with E-state index in [0.29, 0.717) is 43.2 Å². The molecule has 3 heterocycles. The maximum absolute atomic E-state index is 12.7. The smallest absolute Gasteiger partial charge is 0.269 e. The summed E-state index contributed by atoms with van der Waals surface area (Å²) in [5, 5.41) is 19.4. The molecule has 0 atom stereocenters. The number of hydrogen-bond donors (Lipinski definition) is 0. The van der Waals surface area contributed by atoms with Crippen molar-refractivity contribution in [2.75, 3.05) is 38.2 Å². The number of benzene rings is 2. The zero-order chi connectivity index (χ0) is 25.1. The van der Waals surface area contributed by atoms with E-state index >= 15 is 0 Å². The van der Waals surface area contributed by atoms with Gasteiger partial charge in [0.25, 0.3) is 5.69 Å². The van der Waals surface area contributed by atoms with Gasteiger partial charge in [-0.25, -0.2) is 9.97 Å². The Morgan fingerprint density at radius 2 is 1.75 bits per heavy atom. The summed E-state index contributed by atoms with van der Waals surface area (Å²) >= 11 is 0. The van der Waals surface area contributed by atoms with Crippen LogP contribution in [-0.2, 0) is 4.79 Å². The number of non-ortho nitro benzene ring substituents is 1. The third-order valence-electron chi connectivity index (χ3n) is 5.95. The van der Waals surface area contributed by atoms with Crippen molar-refractivity contribution < 1.29 is 14.5 Å². The summed E-state index contributed by atoms with van der Waals surface area (Å²) in [4.78, 5) is 35.6. The number of aromatic nitrogens is 5. The molecule has 0 N–H and O–H groups in total. The van der Waals surface area contributed by atoms with E-state index in [1.165, 1.54) is 24.5 Å². The van der Waals surface area contributed by atoms with Crippen molar-refractivity contribution in [2.24, 2.45) is 0 Å². The van der Waals surface area contributed by atoms with Crippen LogP contribution in [0.25, 0.3) is 22.9 Å². The van der Waals surface area contributed by atoms with Crippen LogP contribution in [0.4, 0.5) is 11.5 Å². The van der Waals surface area contributed by atoms with Crippen molar-refractivity contribution in [3.63, 3.8) is 0 Å². The predicted octanol–water partition coefficient (Wildman–Crippen LogP) is 2.49. The van der Waals surface area contributed by atoms with E-state index in [1.54, 1.807) is 34.9 Å². The van der Waals surface area contributed by atoms with Crippen molar-refractivity contribution in [1.82, 2.24) is 29.9 Å². The predicted molar refractivity (Wildman–Crippen MR) is 132 cm³/mol. The van der Waals surface area contributed by atoms with Crippen LogP contribution in [-0.4, -0.2) is 74.0 Å². The second-order valence-corrected chi connectivity index (χ2v) is 8.06. The number of amides is 1. The molecule has 1 aliphatic heterocycles. The van der Waals surface area contributed by atoms with Gasteiger partial charge in [-0.3, -0.25) is 14.9 Å². The fourth-order valence-electron chi connectivity index (χ4n) is 3.98. The van der Waals surface area contributed by atoms with E-state index in [1.807, 2.05) is 24.3 Å². The van der Waals surface area contributed by atoms with Crippen LogP contribution in [0.1, 0.15) is 5.56 Å². The number of ether oxygens (including phenoxy) is 1. The zero-order valence-corrected chi connectivity index (χ0v) is 19.4. The van der Waals surface area contributed by atoms with E-state index in [2.05, 4.69) is 25.2 Å². The largest absolute Gasteiger partial charge is 0.497 e. The molecule has 0 spiro atoms. The zero-order valence-electron chi connectivity index (χ0n) is 19.4. The molecule has 4 aromatic rings. The number of nitro groups is 1. The molecule has 12 heteroatoms. The van der Waals surface area contributed by atoms with Crippen molar-refractivity contribution >= 4 is 34.7 Å². The molecule has 0 unspecified atom stereocenters. The highest BCUT2D eigenvalue weighted by Crippen LogP contribution is 2.24. The average molecular weight is 486 g/mol. The summed E-state index contributed by atoms with van der Waals surface area (Å²) in [5.74, 6) is 1.30. The highest BCUT2D eigenvalue weighted by Gasteiger charge is 2.24. The third-order valence-corrected chi connectivity index (χ3v) is 5.95. The Kier molecular flexibility index (Phi) is 6.22. The lowest BCUT2D eigenvalue weighted by Crippen LogP contribution is -2.48. The summed E-state index contributed by atoms with van der Waals surface area (Å²) < 4.78 is 6.87. The van der Waals surface area contributed by atoms with Gasteiger partial charge >= 0.3 is 0 Å². The molecule has 1 fully saturated rings. The van der Waals surface area contributed by atoms with Gasteiger partial charge in [0.15, 0.2) is 17.0 Å². The Labute approximate surface area is 205 Å². The average Bonchev–Trinajstić information content (AvgIpc) is 3.36. The third kappa shape index (κ3) is 4.56. The molecule has 36 heavy (non-hydrogen) atoms. The van der Waals surface area contributed by atoms with Gasteiger partial charge in [-0.15, -0.1) is 5.10 Å². The maximum Gasteiger partial charge on any atom is 0.269 e. The van der Waals surface area contributed by atoms with Crippen LogP contribution in [0.3, 0.4) is 0 Å². The van der Waals surface area contributed by atoms with Gasteiger partial charge in [-0.2, -0.15) is 4.68 Å². The minimum Gasteiger partial charge on any atom is -0.497 e. The number of rotatable bonds is 6. The summed E-state index contributed by atoms with van der Waals surface area (Å²) in [5.41, 5.74) is 2.72. The van der Waals surface area contributed by atoms with Crippen molar-refractivity contribution in [3.8, 4) is 11.4 Å². The minimum atomic E-state index is -0.455. The van der Waals surface area contributed by atoms with Crippen molar-refractivity contribution in [2.45, 2.75) is 0 Å². The Balaban J connectivity index is 1.26. The van der Waals surface area contributed by atoms with Gasteiger partial charge in [0.05, 0.1) is 17.7 Å². The number of carbonyl (C=O) groups is 1. The standard InChI is InChI=1S/C24H22N8O4/c1-36-20-9-7-18(8-10-20)31-24-22(27-28-31)23(25-16-26-24)30-14-12-29(13-15-30)21(33)11-4-17-2-5-19(6-3-17)32(34)35/h2-11,16H,12-15H2,1H3/b11-4+. The number of hydrogen-bond acceptors (Lipinski definition) is 9. The molecule has 0 bridgehead atoms. The number of carbonyl (C=O) groups excluding carboxylic acids is 1. The first-order valence-corrected chi connectivity index (χ1v) is 11.2. The lowest BCUT2D eigenvalue weighted by Gasteiger charge is -2.34. The fraction of sp³-hybridized carbons (Fsp3) is 0.208. The first-order chi connectivity index (χ1) is 17.5. The van der Waals surface area contributed by atoms with Gasteiger partial charge in [0.2, 0.25) is 5.91 Å². The molecule has 1 amide bonds. The molecule has 1 saturated heterocycles. The second kappa shape index (κ2) is 9.78. The van der Waals surface area contributed by atoms with E-state index < -0.39 is 4.92 Å². The molecular formula is C24H22N8O4. The fourth-order valence-corrected chi connectivity index (χ4v) is 3.98. The van der Waals surface area contributed by atoms with Gasteiger partial charge in [-0.05, 0) is 48.0 Å². The number of nitrogens with zero attached hydrogens (tertiary/aromatic N) is 8. The molecular weight excluding hydrogens is 464 g/mol. The van der Waals surface area contributed by atoms with E-state index in [-0.39, 0.29) is 11.6 Å². The van der Waals surface area contributed by atoms with Crippen LogP contribution in [0.2, 0.25) is 0 Å². The molecule has 182 valence electrons. The number of anilines is 1. The maximum atomic E-state index is 12.7. The molecule has 2 aromatic heterocycles. The number of piperazine rings is 1. The van der Waals surface area contributed by atoms with Gasteiger partial charge < -0.3 is 14.5 Å². The normalized spacial score (nSPS) is 13.9. The van der Waals surface area contributed by atoms with E-state index in [9.17, 15) is 14.9 Å². The van der Waals surface area contributed by atoms with Crippen LogP contribution < -0.4 is 9.64 Å². The molecule has 0 aliphatic carbocycles. The number of fused-ring (bicyclic) bond motifs is 1. The highest BCUT2D eigenvalue weighted by atomic mass is 16.6. The molecule has 0 saturated carbocycles. The summed E-state index contributed by atoms with van der Waals surface area (Å²) in [6.45, 7) is 2.19. The van der Waals surface area contributed by atoms with Crippen LogP contribution in [0.15, 0.2) is 60.9 Å². The van der Waals surface area contributed by atoms with Crippen molar-refractivity contribution in [1.29, 1.82) is 0 Å². The SMILES string of the molecule is COc1ccc(-n2nnc3c(N4CCN(C(=O)/C=C/c5ccc([N+](=O)[O-])cc5)CC4)ncnc32)cc1. The number of nitro benzene ring substituents is 1. The molecule has 1 aliphatic rings. The Morgan fingerprint density at radius 3 is 2.42 bits per heavy atom. The van der Waals surface area contributed by atoms with Gasteiger partial charge in [0, 0.05) is 44.4 Å². The minimum absolute atomic E-state index is 0.0115. The molecule has 2 aromatic carbocycles.